The van der Waals surface area contributed by atoms with Crippen LogP contribution in [0.4, 0.5) is 10.5 Å². The average molecular weight is 466 g/mol. The second kappa shape index (κ2) is 9.91. The third kappa shape index (κ3) is 5.79. The van der Waals surface area contributed by atoms with Gasteiger partial charge >= 0.3 is 19.2 Å². The fourth-order valence-electron chi connectivity index (χ4n) is 3.47. The molecule has 2 aromatic rings. The first-order valence-corrected chi connectivity index (χ1v) is 11.0. The van der Waals surface area contributed by atoms with Gasteiger partial charge in [0, 0.05) is 6.54 Å². The van der Waals surface area contributed by atoms with E-state index in [2.05, 4.69) is 5.32 Å². The highest BCUT2D eigenvalue weighted by atomic mass is 16.7. The highest BCUT2D eigenvalue weighted by molar-refractivity contribution is 6.56. The molecule has 3 rings (SSSR count). The Morgan fingerprint density at radius 1 is 1.12 bits per heavy atom. The molecule has 2 aromatic carbocycles. The van der Waals surface area contributed by atoms with Crippen LogP contribution in [0.2, 0.25) is 0 Å². The van der Waals surface area contributed by atoms with Gasteiger partial charge in [-0.15, -0.1) is 0 Å². The summed E-state index contributed by atoms with van der Waals surface area (Å²) in [7, 11) is -0.771. The average Bonchev–Trinajstić information content (AvgIpc) is 2.99. The number of amides is 1. The number of nitrogens with one attached hydrogen (secondary N) is 1. The molecule has 8 nitrogen and oxygen atoms in total. The number of carbonyl (C=O) groups excluding carboxylic acids is 1. The maximum absolute atomic E-state index is 12.4. The highest BCUT2D eigenvalue weighted by Gasteiger charge is 2.52. The fraction of sp³-hybridized carbons (Fsp3) is 0.360. The Balaban J connectivity index is 1.85. The van der Waals surface area contributed by atoms with Crippen LogP contribution in [0, 0.1) is 6.92 Å². The van der Waals surface area contributed by atoms with Gasteiger partial charge in [0.2, 0.25) is 0 Å². The van der Waals surface area contributed by atoms with Gasteiger partial charge in [0.1, 0.15) is 6.61 Å². The van der Waals surface area contributed by atoms with Crippen LogP contribution < -0.4 is 11.1 Å². The first-order valence-electron chi connectivity index (χ1n) is 11.0. The number of hydrogen-bond donors (Lipinski definition) is 3. The minimum atomic E-state index is -1.12. The number of carbonyl (C=O) groups is 2. The number of carboxylic acid groups (broad SMARTS) is 1. The zero-order valence-electron chi connectivity index (χ0n) is 20.2. The van der Waals surface area contributed by atoms with E-state index >= 15 is 0 Å². The van der Waals surface area contributed by atoms with Crippen molar-refractivity contribution in [3.05, 3.63) is 70.2 Å². The van der Waals surface area contributed by atoms with Crippen molar-refractivity contribution in [2.75, 3.05) is 12.3 Å². The molecule has 1 amide bonds. The molecule has 1 aliphatic heterocycles. The number of anilines is 1. The number of hydrogen-bond acceptors (Lipinski definition) is 6. The molecule has 0 atom stereocenters. The molecule has 1 aliphatic rings. The molecule has 180 valence electrons. The van der Waals surface area contributed by atoms with Crippen LogP contribution >= 0.6 is 0 Å². The largest absolute Gasteiger partial charge is 0.492 e. The summed E-state index contributed by atoms with van der Waals surface area (Å²) in [5.74, 6) is -1.12. The van der Waals surface area contributed by atoms with Gasteiger partial charge in [0.25, 0.3) is 0 Å². The summed E-state index contributed by atoms with van der Waals surface area (Å²) in [6.45, 7) is 9.68. The van der Waals surface area contributed by atoms with Crippen LogP contribution in [0.25, 0.3) is 6.08 Å². The summed E-state index contributed by atoms with van der Waals surface area (Å²) in [5, 5.41) is 12.2. The van der Waals surface area contributed by atoms with Crippen LogP contribution in [0.15, 0.2) is 47.9 Å². The molecule has 0 bridgehead atoms. The van der Waals surface area contributed by atoms with E-state index in [1.165, 1.54) is 6.07 Å². The zero-order chi connectivity index (χ0) is 25.1. The Hall–Kier alpha value is -3.30. The lowest BCUT2D eigenvalue weighted by Gasteiger charge is -2.32. The Kier molecular flexibility index (Phi) is 7.38. The fourth-order valence-corrected chi connectivity index (χ4v) is 3.47. The smallest absolute Gasteiger partial charge is 0.478 e. The van der Waals surface area contributed by atoms with Crippen molar-refractivity contribution in [1.29, 1.82) is 0 Å². The van der Waals surface area contributed by atoms with Crippen LogP contribution in [0.5, 0.6) is 0 Å². The third-order valence-corrected chi connectivity index (χ3v) is 6.13. The van der Waals surface area contributed by atoms with Crippen LogP contribution in [0.3, 0.4) is 0 Å². The lowest BCUT2D eigenvalue weighted by Crippen LogP contribution is -2.41. The number of carboxylic acids is 1. The molecule has 0 radical (unpaired) electrons. The molecular weight excluding hydrogens is 435 g/mol. The quantitative estimate of drug-likeness (QED) is 0.413. The number of aromatic carboxylic acids is 1. The standard InChI is InChI=1S/C25H31BN2O6/c1-16-11-18(21(27)20(12-16)22(29)30)13-19(26-33-24(2,3)25(4,5)34-26)14-28-23(31)32-15-17-9-7-6-8-10-17/h6-13H,14-15,27H2,1-5H3,(H,28,31)(H,29,30). The van der Waals surface area contributed by atoms with E-state index < -0.39 is 30.4 Å². The molecule has 0 aliphatic carbocycles. The van der Waals surface area contributed by atoms with Crippen molar-refractivity contribution in [2.24, 2.45) is 0 Å². The molecule has 0 spiro atoms. The summed E-state index contributed by atoms with van der Waals surface area (Å²) in [5.41, 5.74) is 7.76. The van der Waals surface area contributed by atoms with Gasteiger partial charge in [-0.25, -0.2) is 9.59 Å². The Labute approximate surface area is 200 Å². The van der Waals surface area contributed by atoms with E-state index in [4.69, 9.17) is 19.8 Å². The van der Waals surface area contributed by atoms with Crippen LogP contribution in [0.1, 0.15) is 54.7 Å². The van der Waals surface area contributed by atoms with Crippen molar-refractivity contribution in [3.8, 4) is 0 Å². The second-order valence-electron chi connectivity index (χ2n) is 9.34. The van der Waals surface area contributed by atoms with Gasteiger partial charge in [-0.1, -0.05) is 36.4 Å². The monoisotopic (exact) mass is 466 g/mol. The van der Waals surface area contributed by atoms with Crippen molar-refractivity contribution in [2.45, 2.75) is 52.4 Å². The molecule has 1 fully saturated rings. The number of rotatable bonds is 7. The predicted octanol–water partition coefficient (Wildman–Crippen LogP) is 4.22. The summed E-state index contributed by atoms with van der Waals surface area (Å²) in [6, 6.07) is 12.6. The lowest BCUT2D eigenvalue weighted by molar-refractivity contribution is 0.00578. The lowest BCUT2D eigenvalue weighted by atomic mass is 9.76. The van der Waals surface area contributed by atoms with Crippen LogP contribution in [-0.2, 0) is 20.7 Å². The van der Waals surface area contributed by atoms with Crippen LogP contribution in [-0.4, -0.2) is 42.0 Å². The number of alkyl carbamates (subject to hydrolysis) is 1. The van der Waals surface area contributed by atoms with Crippen molar-refractivity contribution >= 4 is 30.9 Å². The Bertz CT molecular complexity index is 1080. The maximum Gasteiger partial charge on any atom is 0.492 e. The second-order valence-corrected chi connectivity index (χ2v) is 9.34. The third-order valence-electron chi connectivity index (χ3n) is 6.13. The number of ether oxygens (including phenoxy) is 1. The normalized spacial score (nSPS) is 16.9. The van der Waals surface area contributed by atoms with Crippen molar-refractivity contribution in [1.82, 2.24) is 5.32 Å². The minimum Gasteiger partial charge on any atom is -0.478 e. The molecular formula is C25H31BN2O6. The Morgan fingerprint density at radius 3 is 2.32 bits per heavy atom. The maximum atomic E-state index is 12.4. The Morgan fingerprint density at radius 2 is 1.74 bits per heavy atom. The molecule has 0 saturated carbocycles. The molecule has 1 heterocycles. The van der Waals surface area contributed by atoms with Gasteiger partial charge in [-0.05, 0) is 68.9 Å². The van der Waals surface area contributed by atoms with E-state index in [1.54, 1.807) is 19.1 Å². The van der Waals surface area contributed by atoms with Gasteiger partial charge < -0.3 is 30.2 Å². The van der Waals surface area contributed by atoms with E-state index in [0.29, 0.717) is 11.0 Å². The summed E-state index contributed by atoms with van der Waals surface area (Å²) in [6.07, 6.45) is 1.10. The van der Waals surface area contributed by atoms with Gasteiger partial charge in [0.15, 0.2) is 0 Å². The highest BCUT2D eigenvalue weighted by Crippen LogP contribution is 2.39. The van der Waals surface area contributed by atoms with Crippen molar-refractivity contribution in [3.63, 3.8) is 0 Å². The number of benzene rings is 2. The van der Waals surface area contributed by atoms with E-state index in [0.717, 1.165) is 11.1 Å². The van der Waals surface area contributed by atoms with Gasteiger partial charge in [0.05, 0.1) is 22.5 Å². The molecule has 9 heteroatoms. The number of nitrogens with two attached hydrogens (primary N) is 1. The first-order chi connectivity index (χ1) is 15.9. The molecule has 4 N–H and O–H groups in total. The van der Waals surface area contributed by atoms with Crippen molar-refractivity contribution < 1.29 is 28.7 Å². The summed E-state index contributed by atoms with van der Waals surface area (Å²) >= 11 is 0. The van der Waals surface area contributed by atoms with E-state index in [-0.39, 0.29) is 24.4 Å². The number of nitrogen functional groups attached to an aromatic ring is 1. The van der Waals surface area contributed by atoms with Gasteiger partial charge in [-0.3, -0.25) is 0 Å². The predicted molar refractivity (Wildman–Crippen MR) is 131 cm³/mol. The van der Waals surface area contributed by atoms with Gasteiger partial charge in [-0.2, -0.15) is 0 Å². The topological polar surface area (TPSA) is 120 Å². The SMILES string of the molecule is Cc1cc(C=C(CNC(=O)OCc2ccccc2)B2OC(C)(C)C(C)(C)O2)c(N)c(C(=O)O)c1. The number of aryl methyl sites for hydroxylation is 1. The minimum absolute atomic E-state index is 0.00903. The first kappa shape index (κ1) is 25.3. The summed E-state index contributed by atoms with van der Waals surface area (Å²) in [4.78, 5) is 24.0. The van der Waals surface area contributed by atoms with E-state index in [9.17, 15) is 14.7 Å². The molecule has 1 saturated heterocycles. The summed E-state index contributed by atoms with van der Waals surface area (Å²) < 4.78 is 17.6. The zero-order valence-corrected chi connectivity index (χ0v) is 20.2. The van der Waals surface area contributed by atoms with E-state index in [1.807, 2.05) is 58.0 Å². The molecule has 0 aromatic heterocycles. The molecule has 34 heavy (non-hydrogen) atoms. The molecule has 0 unspecified atom stereocenters.